The van der Waals surface area contributed by atoms with Gasteiger partial charge in [-0.3, -0.25) is 10.1 Å². The monoisotopic (exact) mass is 281 g/mol. The Morgan fingerprint density at radius 3 is 2.67 bits per heavy atom. The molecule has 4 nitrogen and oxygen atoms in total. The molecule has 1 aromatic rings. The summed E-state index contributed by atoms with van der Waals surface area (Å²) in [6.07, 6.45) is 0. The number of benzene rings is 1. The molecule has 0 heterocycles. The lowest BCUT2D eigenvalue weighted by Crippen LogP contribution is -2.04. The zero-order chi connectivity index (χ0) is 11.4. The van der Waals surface area contributed by atoms with Gasteiger partial charge in [0.15, 0.2) is 5.82 Å². The Kier molecular flexibility index (Phi) is 3.96. The van der Waals surface area contributed by atoms with Crippen LogP contribution in [0.1, 0.15) is 0 Å². The van der Waals surface area contributed by atoms with Gasteiger partial charge in [0.25, 0.3) is 0 Å². The zero-order valence-corrected chi connectivity index (χ0v) is 8.96. The van der Waals surface area contributed by atoms with E-state index < -0.39 is 28.0 Å². The summed E-state index contributed by atoms with van der Waals surface area (Å²) in [5, 5.41) is 10.8. The van der Waals surface area contributed by atoms with Crippen LogP contribution < -0.4 is 4.74 Å². The largest absolute Gasteiger partial charge is 0.484 e. The number of alkyl halides is 1. The molecule has 0 aromatic heterocycles. The highest BCUT2D eigenvalue weighted by Gasteiger charge is 2.22. The Morgan fingerprint density at radius 2 is 2.13 bits per heavy atom. The van der Waals surface area contributed by atoms with Gasteiger partial charge in [0.2, 0.25) is 11.6 Å². The third kappa shape index (κ3) is 2.62. The summed E-state index contributed by atoms with van der Waals surface area (Å²) in [6.45, 7) is 0.0151. The Hall–Kier alpha value is -1.24. The molecule has 0 bridgehead atoms. The van der Waals surface area contributed by atoms with E-state index in [1.165, 1.54) is 0 Å². The minimum absolute atomic E-state index is 0.0151. The Bertz CT molecular complexity index is 386. The minimum atomic E-state index is -1.34. The van der Waals surface area contributed by atoms with E-state index in [0.717, 1.165) is 6.07 Å². The lowest BCUT2D eigenvalue weighted by atomic mass is 10.2. The Balaban J connectivity index is 3.16. The topological polar surface area (TPSA) is 52.4 Å². The van der Waals surface area contributed by atoms with Gasteiger partial charge in [0.05, 0.1) is 11.5 Å². The second kappa shape index (κ2) is 5.01. The molecule has 0 aliphatic rings. The molecule has 0 unspecified atom stereocenters. The highest BCUT2D eigenvalue weighted by atomic mass is 79.9. The zero-order valence-electron chi connectivity index (χ0n) is 7.37. The minimum Gasteiger partial charge on any atom is -0.484 e. The predicted molar refractivity (Wildman–Crippen MR) is 52.3 cm³/mol. The summed E-state index contributed by atoms with van der Waals surface area (Å²) in [5.41, 5.74) is -0.588. The molecule has 0 saturated carbocycles. The number of nitro benzene ring substituents is 1. The third-order valence-electron chi connectivity index (χ3n) is 1.55. The molecule has 0 saturated heterocycles. The summed E-state index contributed by atoms with van der Waals surface area (Å²) in [7, 11) is 0. The number of nitro groups is 1. The molecule has 0 spiro atoms. The molecule has 1 rings (SSSR count). The number of hydrogen-bond donors (Lipinski definition) is 0. The van der Waals surface area contributed by atoms with Crippen molar-refractivity contribution in [2.24, 2.45) is 0 Å². The molecule has 1 aromatic carbocycles. The van der Waals surface area contributed by atoms with Crippen molar-refractivity contribution in [2.45, 2.75) is 0 Å². The van der Waals surface area contributed by atoms with Gasteiger partial charge in [-0.05, 0) is 6.07 Å². The highest BCUT2D eigenvalue weighted by Crippen LogP contribution is 2.31. The second-order valence-electron chi connectivity index (χ2n) is 2.50. The van der Waals surface area contributed by atoms with E-state index in [2.05, 4.69) is 15.9 Å². The maximum absolute atomic E-state index is 13.1. The van der Waals surface area contributed by atoms with E-state index in [1.54, 1.807) is 0 Å². The SMILES string of the molecule is O=[N+]([O-])c1ccc(F)c(F)c1OCCBr. The first-order chi connectivity index (χ1) is 7.07. The van der Waals surface area contributed by atoms with E-state index in [1.807, 2.05) is 0 Å². The third-order valence-corrected chi connectivity index (χ3v) is 1.87. The van der Waals surface area contributed by atoms with Crippen molar-refractivity contribution in [1.29, 1.82) is 0 Å². The Labute approximate surface area is 92.1 Å². The average molecular weight is 282 g/mol. The standard InChI is InChI=1S/C8H6BrF2NO3/c9-3-4-15-8-6(12(13)14)2-1-5(10)7(8)11/h1-2H,3-4H2. The first kappa shape index (κ1) is 11.8. The molecule has 0 amide bonds. The molecule has 0 aliphatic carbocycles. The van der Waals surface area contributed by atoms with Crippen molar-refractivity contribution in [2.75, 3.05) is 11.9 Å². The molecule has 0 fully saturated rings. The fourth-order valence-electron chi connectivity index (χ4n) is 0.944. The van der Waals surface area contributed by atoms with Gasteiger partial charge in [-0.25, -0.2) is 4.39 Å². The van der Waals surface area contributed by atoms with Crippen LogP contribution in [-0.2, 0) is 0 Å². The van der Waals surface area contributed by atoms with E-state index >= 15 is 0 Å². The van der Waals surface area contributed by atoms with Gasteiger partial charge in [-0.15, -0.1) is 0 Å². The highest BCUT2D eigenvalue weighted by molar-refractivity contribution is 9.09. The number of hydrogen-bond acceptors (Lipinski definition) is 3. The van der Waals surface area contributed by atoms with Crippen molar-refractivity contribution >= 4 is 21.6 Å². The van der Waals surface area contributed by atoms with E-state index in [9.17, 15) is 18.9 Å². The summed E-state index contributed by atoms with van der Waals surface area (Å²) in [5.74, 6) is -3.19. The van der Waals surface area contributed by atoms with Crippen LogP contribution >= 0.6 is 15.9 Å². The quantitative estimate of drug-likeness (QED) is 0.484. The number of rotatable bonds is 4. The molecular weight excluding hydrogens is 276 g/mol. The van der Waals surface area contributed by atoms with E-state index in [-0.39, 0.29) is 6.61 Å². The smallest absolute Gasteiger partial charge is 0.314 e. The van der Waals surface area contributed by atoms with Gasteiger partial charge in [0, 0.05) is 11.4 Å². The molecule has 82 valence electrons. The number of nitrogens with zero attached hydrogens (tertiary/aromatic N) is 1. The van der Waals surface area contributed by atoms with Crippen LogP contribution in [0.15, 0.2) is 12.1 Å². The van der Waals surface area contributed by atoms with Crippen molar-refractivity contribution in [3.8, 4) is 5.75 Å². The first-order valence-corrected chi connectivity index (χ1v) is 5.01. The van der Waals surface area contributed by atoms with Crippen LogP contribution in [0.2, 0.25) is 0 Å². The maximum atomic E-state index is 13.1. The number of halogens is 3. The first-order valence-electron chi connectivity index (χ1n) is 3.89. The van der Waals surface area contributed by atoms with Gasteiger partial charge in [-0.2, -0.15) is 4.39 Å². The van der Waals surface area contributed by atoms with Crippen LogP contribution in [0.4, 0.5) is 14.5 Å². The number of ether oxygens (including phenoxy) is 1. The summed E-state index contributed by atoms with van der Waals surface area (Å²) < 4.78 is 30.6. The van der Waals surface area contributed by atoms with Gasteiger partial charge in [0.1, 0.15) is 0 Å². The molecule has 0 radical (unpaired) electrons. The predicted octanol–water partition coefficient (Wildman–Crippen LogP) is 2.65. The van der Waals surface area contributed by atoms with E-state index in [4.69, 9.17) is 4.74 Å². The van der Waals surface area contributed by atoms with Gasteiger partial charge < -0.3 is 4.74 Å². The average Bonchev–Trinajstić information content (AvgIpc) is 2.19. The summed E-state index contributed by atoms with van der Waals surface area (Å²) in [4.78, 5) is 9.65. The van der Waals surface area contributed by atoms with Crippen molar-refractivity contribution in [3.63, 3.8) is 0 Å². The normalized spacial score (nSPS) is 10.1. The lowest BCUT2D eigenvalue weighted by molar-refractivity contribution is -0.386. The van der Waals surface area contributed by atoms with Crippen molar-refractivity contribution < 1.29 is 18.4 Å². The fraction of sp³-hybridized carbons (Fsp3) is 0.250. The van der Waals surface area contributed by atoms with Crippen LogP contribution in [0.3, 0.4) is 0 Å². The molecule has 15 heavy (non-hydrogen) atoms. The molecular formula is C8H6BrF2NO3. The fourth-order valence-corrected chi connectivity index (χ4v) is 1.11. The summed E-state index contributed by atoms with van der Waals surface area (Å²) in [6, 6.07) is 1.55. The van der Waals surface area contributed by atoms with Crippen LogP contribution in [0.5, 0.6) is 5.75 Å². The lowest BCUT2D eigenvalue weighted by Gasteiger charge is -2.06. The molecule has 0 N–H and O–H groups in total. The molecule has 0 aliphatic heterocycles. The summed E-state index contributed by atoms with van der Waals surface area (Å²) >= 11 is 3.00. The van der Waals surface area contributed by atoms with Crippen LogP contribution in [0.25, 0.3) is 0 Å². The maximum Gasteiger partial charge on any atom is 0.314 e. The van der Waals surface area contributed by atoms with Crippen molar-refractivity contribution in [1.82, 2.24) is 0 Å². The van der Waals surface area contributed by atoms with Crippen molar-refractivity contribution in [3.05, 3.63) is 33.9 Å². The Morgan fingerprint density at radius 1 is 1.47 bits per heavy atom. The van der Waals surface area contributed by atoms with Gasteiger partial charge in [-0.1, -0.05) is 15.9 Å². The van der Waals surface area contributed by atoms with Gasteiger partial charge >= 0.3 is 5.69 Å². The van der Waals surface area contributed by atoms with Crippen LogP contribution in [0, 0.1) is 21.7 Å². The second-order valence-corrected chi connectivity index (χ2v) is 3.30. The molecule has 7 heteroatoms. The van der Waals surface area contributed by atoms with Crippen LogP contribution in [-0.4, -0.2) is 16.9 Å². The van der Waals surface area contributed by atoms with E-state index in [0.29, 0.717) is 11.4 Å². The molecule has 0 atom stereocenters.